The van der Waals surface area contributed by atoms with Crippen LogP contribution in [0.15, 0.2) is 53.3 Å². The lowest BCUT2D eigenvalue weighted by atomic mass is 10.2. The quantitative estimate of drug-likeness (QED) is 0.533. The van der Waals surface area contributed by atoms with E-state index in [1.165, 1.54) is 4.68 Å². The SMILES string of the molecule is COc1ccc(CNC(=O)Cn2nc3c4ccccc4nc(C4CC4)n3c2=O)cc1. The molecule has 0 atom stereocenters. The van der Waals surface area contributed by atoms with Gasteiger partial charge in [0.2, 0.25) is 5.91 Å². The zero-order valence-electron chi connectivity index (χ0n) is 16.5. The third-order valence-corrected chi connectivity index (χ3v) is 5.33. The van der Waals surface area contributed by atoms with Crippen molar-refractivity contribution in [3.8, 4) is 5.75 Å². The number of rotatable bonds is 6. The second-order valence-electron chi connectivity index (χ2n) is 7.49. The summed E-state index contributed by atoms with van der Waals surface area (Å²) >= 11 is 0. The van der Waals surface area contributed by atoms with Gasteiger partial charge in [0, 0.05) is 17.8 Å². The van der Waals surface area contributed by atoms with Crippen LogP contribution in [0, 0.1) is 0 Å². The Morgan fingerprint density at radius 2 is 1.93 bits per heavy atom. The number of nitrogens with zero attached hydrogens (tertiary/aromatic N) is 4. The first-order chi connectivity index (χ1) is 14.6. The van der Waals surface area contributed by atoms with Crippen molar-refractivity contribution < 1.29 is 9.53 Å². The van der Waals surface area contributed by atoms with Crippen LogP contribution in [0.3, 0.4) is 0 Å². The van der Waals surface area contributed by atoms with Crippen molar-refractivity contribution in [1.82, 2.24) is 24.5 Å². The smallest absolute Gasteiger partial charge is 0.352 e. The fourth-order valence-electron chi connectivity index (χ4n) is 3.58. The van der Waals surface area contributed by atoms with E-state index in [-0.39, 0.29) is 24.1 Å². The van der Waals surface area contributed by atoms with Crippen LogP contribution >= 0.6 is 0 Å². The number of amides is 1. The third-order valence-electron chi connectivity index (χ3n) is 5.33. The topological polar surface area (TPSA) is 90.5 Å². The fourth-order valence-corrected chi connectivity index (χ4v) is 3.58. The van der Waals surface area contributed by atoms with Crippen LogP contribution in [0.25, 0.3) is 16.6 Å². The van der Waals surface area contributed by atoms with Gasteiger partial charge in [0.05, 0.1) is 12.6 Å². The summed E-state index contributed by atoms with van der Waals surface area (Å²) in [6.07, 6.45) is 2.03. The maximum atomic E-state index is 13.0. The molecule has 5 rings (SSSR count). The Hall–Kier alpha value is -3.68. The number of fused-ring (bicyclic) bond motifs is 3. The fraction of sp³-hybridized carbons (Fsp3) is 0.273. The Morgan fingerprint density at radius 1 is 1.17 bits per heavy atom. The highest BCUT2D eigenvalue weighted by molar-refractivity contribution is 5.91. The van der Waals surface area contributed by atoms with Crippen molar-refractivity contribution in [2.75, 3.05) is 7.11 Å². The highest BCUT2D eigenvalue weighted by Crippen LogP contribution is 2.39. The summed E-state index contributed by atoms with van der Waals surface area (Å²) in [4.78, 5) is 30.2. The first-order valence-electron chi connectivity index (χ1n) is 9.92. The maximum Gasteiger partial charge on any atom is 0.352 e. The summed E-state index contributed by atoms with van der Waals surface area (Å²) < 4.78 is 7.92. The van der Waals surface area contributed by atoms with Gasteiger partial charge in [0.25, 0.3) is 0 Å². The Balaban J connectivity index is 1.42. The largest absolute Gasteiger partial charge is 0.497 e. The van der Waals surface area contributed by atoms with Gasteiger partial charge in [-0.1, -0.05) is 24.3 Å². The molecule has 0 bridgehead atoms. The normalized spacial score (nSPS) is 13.6. The average Bonchev–Trinajstić information content (AvgIpc) is 3.57. The molecule has 8 heteroatoms. The van der Waals surface area contributed by atoms with Crippen LogP contribution in [0.5, 0.6) is 5.75 Å². The van der Waals surface area contributed by atoms with Crippen molar-refractivity contribution in [3.05, 3.63) is 70.4 Å². The lowest BCUT2D eigenvalue weighted by Gasteiger charge is -2.06. The molecule has 1 amide bonds. The molecule has 2 aromatic heterocycles. The van der Waals surface area contributed by atoms with Gasteiger partial charge in [-0.15, -0.1) is 5.10 Å². The molecule has 1 fully saturated rings. The first-order valence-corrected chi connectivity index (χ1v) is 9.92. The molecule has 2 aromatic carbocycles. The van der Waals surface area contributed by atoms with E-state index in [4.69, 9.17) is 9.72 Å². The number of benzene rings is 2. The number of hydrogen-bond donors (Lipinski definition) is 1. The Kier molecular flexibility index (Phi) is 4.46. The van der Waals surface area contributed by atoms with E-state index in [1.54, 1.807) is 11.5 Å². The van der Waals surface area contributed by atoms with E-state index in [1.807, 2.05) is 48.5 Å². The summed E-state index contributed by atoms with van der Waals surface area (Å²) in [5, 5.41) is 8.12. The zero-order valence-corrected chi connectivity index (χ0v) is 16.5. The predicted molar refractivity (Wildman–Crippen MR) is 112 cm³/mol. The van der Waals surface area contributed by atoms with E-state index in [0.29, 0.717) is 12.2 Å². The second-order valence-corrected chi connectivity index (χ2v) is 7.49. The predicted octanol–water partition coefficient (Wildman–Crippen LogP) is 2.25. The molecular formula is C22H21N5O3. The second kappa shape index (κ2) is 7.29. The van der Waals surface area contributed by atoms with Crippen molar-refractivity contribution in [2.45, 2.75) is 31.8 Å². The van der Waals surface area contributed by atoms with Crippen LogP contribution < -0.4 is 15.7 Å². The lowest BCUT2D eigenvalue weighted by molar-refractivity contribution is -0.122. The summed E-state index contributed by atoms with van der Waals surface area (Å²) in [6, 6.07) is 15.1. The number of aromatic nitrogens is 4. The van der Waals surface area contributed by atoms with E-state index in [2.05, 4.69) is 10.4 Å². The minimum Gasteiger partial charge on any atom is -0.497 e. The third kappa shape index (κ3) is 3.30. The number of ether oxygens (including phenoxy) is 1. The number of carbonyl (C=O) groups is 1. The van der Waals surface area contributed by atoms with Gasteiger partial charge >= 0.3 is 5.69 Å². The average molecular weight is 403 g/mol. The standard InChI is InChI=1S/C22H21N5O3/c1-30-16-10-6-14(7-11-16)12-23-19(28)13-26-22(29)27-20(15-8-9-15)24-18-5-3-2-4-17(18)21(27)25-26/h2-7,10-11,15H,8-9,12-13H2,1H3,(H,23,28). The van der Waals surface area contributed by atoms with Crippen molar-refractivity contribution in [2.24, 2.45) is 0 Å². The number of hydrogen-bond acceptors (Lipinski definition) is 5. The zero-order chi connectivity index (χ0) is 20.7. The van der Waals surface area contributed by atoms with E-state index < -0.39 is 0 Å². The van der Waals surface area contributed by atoms with Gasteiger partial charge < -0.3 is 10.1 Å². The van der Waals surface area contributed by atoms with Crippen LogP contribution in [0.1, 0.15) is 30.1 Å². The summed E-state index contributed by atoms with van der Waals surface area (Å²) in [5.74, 6) is 1.49. The maximum absolute atomic E-state index is 13.0. The van der Waals surface area contributed by atoms with Gasteiger partial charge in [-0.2, -0.15) is 0 Å². The molecule has 4 aromatic rings. The molecule has 8 nitrogen and oxygen atoms in total. The molecule has 0 spiro atoms. The van der Waals surface area contributed by atoms with Crippen LogP contribution in [-0.2, 0) is 17.9 Å². The van der Waals surface area contributed by atoms with E-state index >= 15 is 0 Å². The lowest BCUT2D eigenvalue weighted by Crippen LogP contribution is -2.32. The van der Waals surface area contributed by atoms with E-state index in [0.717, 1.165) is 40.9 Å². The van der Waals surface area contributed by atoms with Crippen molar-refractivity contribution in [3.63, 3.8) is 0 Å². The van der Waals surface area contributed by atoms with Crippen LogP contribution in [-0.4, -0.2) is 32.2 Å². The summed E-state index contributed by atoms with van der Waals surface area (Å²) in [6.45, 7) is 0.220. The number of methoxy groups -OCH3 is 1. The van der Waals surface area contributed by atoms with Gasteiger partial charge in [-0.3, -0.25) is 4.79 Å². The molecule has 152 valence electrons. The Morgan fingerprint density at radius 3 is 2.67 bits per heavy atom. The molecule has 2 heterocycles. The first kappa shape index (κ1) is 18.4. The van der Waals surface area contributed by atoms with Gasteiger partial charge in [-0.05, 0) is 42.7 Å². The molecular weight excluding hydrogens is 382 g/mol. The molecule has 0 saturated heterocycles. The molecule has 1 aliphatic rings. The summed E-state index contributed by atoms with van der Waals surface area (Å²) in [5.41, 5.74) is 1.98. The van der Waals surface area contributed by atoms with E-state index in [9.17, 15) is 9.59 Å². The molecule has 0 radical (unpaired) electrons. The molecule has 1 aliphatic carbocycles. The number of para-hydroxylation sites is 1. The van der Waals surface area contributed by atoms with Crippen molar-refractivity contribution in [1.29, 1.82) is 0 Å². The monoisotopic (exact) mass is 403 g/mol. The minimum atomic E-state index is -0.329. The van der Waals surface area contributed by atoms with Gasteiger partial charge in [-0.25, -0.2) is 18.9 Å². The Bertz CT molecular complexity index is 1300. The molecule has 0 aliphatic heterocycles. The van der Waals surface area contributed by atoms with Gasteiger partial charge in [0.1, 0.15) is 18.1 Å². The minimum absolute atomic E-state index is 0.144. The van der Waals surface area contributed by atoms with Crippen LogP contribution in [0.4, 0.5) is 0 Å². The van der Waals surface area contributed by atoms with Crippen LogP contribution in [0.2, 0.25) is 0 Å². The molecule has 1 N–H and O–H groups in total. The highest BCUT2D eigenvalue weighted by atomic mass is 16.5. The van der Waals surface area contributed by atoms with Gasteiger partial charge in [0.15, 0.2) is 5.65 Å². The Labute approximate surface area is 172 Å². The van der Waals surface area contributed by atoms with Crippen molar-refractivity contribution >= 4 is 22.5 Å². The number of nitrogens with one attached hydrogen (secondary N) is 1. The molecule has 1 saturated carbocycles. The highest BCUT2D eigenvalue weighted by Gasteiger charge is 2.30. The summed E-state index contributed by atoms with van der Waals surface area (Å²) in [7, 11) is 1.61. The molecule has 0 unspecified atom stereocenters. The molecule has 30 heavy (non-hydrogen) atoms. The number of carbonyl (C=O) groups excluding carboxylic acids is 1.